The van der Waals surface area contributed by atoms with Crippen molar-refractivity contribution in [3.8, 4) is 0 Å². The monoisotopic (exact) mass is 395 g/mol. The van der Waals surface area contributed by atoms with Crippen molar-refractivity contribution in [2.45, 2.75) is 47.3 Å². The molecule has 1 aliphatic rings. The molecule has 0 atom stereocenters. The average molecular weight is 396 g/mol. The van der Waals surface area contributed by atoms with Gasteiger partial charge in [-0.1, -0.05) is 0 Å². The van der Waals surface area contributed by atoms with Crippen molar-refractivity contribution in [1.29, 1.82) is 0 Å². The number of aryl methyl sites for hydroxylation is 4. The molecule has 1 amide bonds. The fourth-order valence-corrected chi connectivity index (χ4v) is 4.07. The number of fused-ring (bicyclic) bond motifs is 1. The predicted octanol–water partition coefficient (Wildman–Crippen LogP) is 2.24. The second-order valence-electron chi connectivity index (χ2n) is 7.68. The Kier molecular flexibility index (Phi) is 5.36. The summed E-state index contributed by atoms with van der Waals surface area (Å²) >= 11 is 0. The molecule has 0 unspecified atom stereocenters. The summed E-state index contributed by atoms with van der Waals surface area (Å²) < 4.78 is 3.83. The molecule has 0 N–H and O–H groups in total. The number of nitrogens with zero attached hydrogens (tertiary/aromatic N) is 7. The number of rotatable bonds is 5. The highest BCUT2D eigenvalue weighted by Gasteiger charge is 2.26. The van der Waals surface area contributed by atoms with Crippen LogP contribution in [0.3, 0.4) is 0 Å². The van der Waals surface area contributed by atoms with Gasteiger partial charge in [0, 0.05) is 63.3 Å². The van der Waals surface area contributed by atoms with Crippen LogP contribution in [0.25, 0.3) is 11.0 Å². The van der Waals surface area contributed by atoms with Gasteiger partial charge in [-0.25, -0.2) is 9.67 Å². The van der Waals surface area contributed by atoms with Crippen molar-refractivity contribution in [3.63, 3.8) is 0 Å². The summed E-state index contributed by atoms with van der Waals surface area (Å²) in [6.45, 7) is 13.7. The molecule has 0 spiro atoms. The van der Waals surface area contributed by atoms with Crippen molar-refractivity contribution in [2.24, 2.45) is 0 Å². The van der Waals surface area contributed by atoms with Crippen LogP contribution in [0, 0.1) is 13.8 Å². The minimum atomic E-state index is 0.0812. The molecule has 3 aromatic heterocycles. The predicted molar refractivity (Wildman–Crippen MR) is 112 cm³/mol. The lowest BCUT2D eigenvalue weighted by Gasteiger charge is -2.34. The average Bonchev–Trinajstić information content (AvgIpc) is 3.31. The normalized spacial score (nSPS) is 15.4. The molecule has 4 heterocycles. The van der Waals surface area contributed by atoms with Gasteiger partial charge in [0.05, 0.1) is 22.8 Å². The van der Waals surface area contributed by atoms with E-state index < -0.39 is 0 Å². The summed E-state index contributed by atoms with van der Waals surface area (Å²) in [4.78, 5) is 22.3. The zero-order valence-corrected chi connectivity index (χ0v) is 17.7. The molecule has 3 aromatic rings. The molecule has 0 radical (unpaired) electrons. The van der Waals surface area contributed by atoms with Crippen LogP contribution >= 0.6 is 0 Å². The van der Waals surface area contributed by atoms with E-state index in [9.17, 15) is 4.79 Å². The van der Waals surface area contributed by atoms with Gasteiger partial charge in [0.15, 0.2) is 5.65 Å². The van der Waals surface area contributed by atoms with Crippen molar-refractivity contribution in [1.82, 2.24) is 34.3 Å². The number of piperazine rings is 1. The second kappa shape index (κ2) is 7.94. The number of aromatic nitrogens is 5. The Morgan fingerprint density at radius 3 is 2.52 bits per heavy atom. The van der Waals surface area contributed by atoms with Crippen LogP contribution in [0.15, 0.2) is 18.5 Å². The molecule has 0 bridgehead atoms. The molecular formula is C21H29N7O. The molecule has 8 nitrogen and oxygen atoms in total. The van der Waals surface area contributed by atoms with E-state index in [1.807, 2.05) is 47.3 Å². The van der Waals surface area contributed by atoms with Crippen molar-refractivity contribution in [2.75, 3.05) is 26.2 Å². The van der Waals surface area contributed by atoms with Crippen molar-refractivity contribution < 1.29 is 4.79 Å². The van der Waals surface area contributed by atoms with Gasteiger partial charge in [-0.15, -0.1) is 0 Å². The van der Waals surface area contributed by atoms with Gasteiger partial charge < -0.3 is 4.90 Å². The third kappa shape index (κ3) is 3.76. The Hall–Kier alpha value is -2.74. The summed E-state index contributed by atoms with van der Waals surface area (Å²) in [5.74, 6) is 0.0812. The molecule has 154 valence electrons. The maximum atomic E-state index is 13.4. The minimum Gasteiger partial charge on any atom is -0.336 e. The van der Waals surface area contributed by atoms with Crippen LogP contribution in [0.1, 0.15) is 41.2 Å². The van der Waals surface area contributed by atoms with Gasteiger partial charge in [0.1, 0.15) is 0 Å². The first-order valence-corrected chi connectivity index (χ1v) is 10.4. The molecule has 8 heteroatoms. The van der Waals surface area contributed by atoms with Gasteiger partial charge in [-0.3, -0.25) is 14.4 Å². The smallest absolute Gasteiger partial charge is 0.254 e. The van der Waals surface area contributed by atoms with Gasteiger partial charge in [0.25, 0.3) is 5.91 Å². The molecule has 0 aliphatic carbocycles. The Bertz CT molecular complexity index is 1030. The first-order valence-electron chi connectivity index (χ1n) is 10.4. The van der Waals surface area contributed by atoms with Crippen LogP contribution in [0.4, 0.5) is 0 Å². The van der Waals surface area contributed by atoms with Crippen LogP contribution in [0.5, 0.6) is 0 Å². The fraction of sp³-hybridized carbons (Fsp3) is 0.524. The lowest BCUT2D eigenvalue weighted by Crippen LogP contribution is -2.48. The maximum absolute atomic E-state index is 13.4. The van der Waals surface area contributed by atoms with Gasteiger partial charge >= 0.3 is 0 Å². The lowest BCUT2D eigenvalue weighted by molar-refractivity contribution is 0.0630. The maximum Gasteiger partial charge on any atom is 0.254 e. The summed E-state index contributed by atoms with van der Waals surface area (Å²) in [5, 5.41) is 9.81. The summed E-state index contributed by atoms with van der Waals surface area (Å²) in [6, 6.07) is 1.91. The van der Waals surface area contributed by atoms with Crippen molar-refractivity contribution in [3.05, 3.63) is 41.0 Å². The number of carbonyl (C=O) groups excluding carboxylic acids is 1. The van der Waals surface area contributed by atoms with E-state index in [0.29, 0.717) is 0 Å². The Morgan fingerprint density at radius 1 is 1.10 bits per heavy atom. The molecule has 29 heavy (non-hydrogen) atoms. The zero-order valence-electron chi connectivity index (χ0n) is 17.7. The zero-order chi connectivity index (χ0) is 20.5. The SMILES string of the molecule is CCn1cc(CN2CCN(C(=O)c3cc(C)nc4c3c(C)nn4CC)CC2)cn1. The highest BCUT2D eigenvalue weighted by Crippen LogP contribution is 2.24. The van der Waals surface area contributed by atoms with Crippen molar-refractivity contribution >= 4 is 16.9 Å². The lowest BCUT2D eigenvalue weighted by atomic mass is 10.1. The molecule has 0 aromatic carbocycles. The van der Waals surface area contributed by atoms with Gasteiger partial charge in [0.2, 0.25) is 0 Å². The van der Waals surface area contributed by atoms with Crippen LogP contribution in [-0.4, -0.2) is 66.4 Å². The molecule has 0 saturated carbocycles. The molecular weight excluding hydrogens is 366 g/mol. The number of carbonyl (C=O) groups is 1. The van der Waals surface area contributed by atoms with E-state index in [2.05, 4.69) is 33.2 Å². The minimum absolute atomic E-state index is 0.0812. The third-order valence-corrected chi connectivity index (χ3v) is 5.61. The van der Waals surface area contributed by atoms with E-state index in [0.717, 1.165) is 73.8 Å². The van der Waals surface area contributed by atoms with Gasteiger partial charge in [-0.05, 0) is 33.8 Å². The third-order valence-electron chi connectivity index (χ3n) is 5.61. The number of hydrogen-bond acceptors (Lipinski definition) is 5. The molecule has 1 aliphatic heterocycles. The van der Waals surface area contributed by atoms with E-state index in [-0.39, 0.29) is 5.91 Å². The number of pyridine rings is 1. The van der Waals surface area contributed by atoms with Crippen LogP contribution in [0.2, 0.25) is 0 Å². The summed E-state index contributed by atoms with van der Waals surface area (Å²) in [6.07, 6.45) is 4.04. The Balaban J connectivity index is 1.49. The number of amides is 1. The first-order chi connectivity index (χ1) is 14.0. The van der Waals surface area contributed by atoms with Crippen LogP contribution in [-0.2, 0) is 19.6 Å². The summed E-state index contributed by atoms with van der Waals surface area (Å²) in [5.41, 5.74) is 4.47. The fourth-order valence-electron chi connectivity index (χ4n) is 4.07. The Morgan fingerprint density at radius 2 is 1.86 bits per heavy atom. The topological polar surface area (TPSA) is 72.1 Å². The van der Waals surface area contributed by atoms with Gasteiger partial charge in [-0.2, -0.15) is 10.2 Å². The van der Waals surface area contributed by atoms with E-state index in [1.165, 1.54) is 5.56 Å². The Labute approximate surface area is 171 Å². The second-order valence-corrected chi connectivity index (χ2v) is 7.68. The van der Waals surface area contributed by atoms with Crippen LogP contribution < -0.4 is 0 Å². The number of hydrogen-bond donors (Lipinski definition) is 0. The quantitative estimate of drug-likeness (QED) is 0.663. The molecule has 1 saturated heterocycles. The molecule has 4 rings (SSSR count). The van der Waals surface area contributed by atoms with E-state index in [1.54, 1.807) is 0 Å². The highest BCUT2D eigenvalue weighted by molar-refractivity contribution is 6.06. The first kappa shape index (κ1) is 19.6. The standard InChI is InChI=1S/C21H29N7O/c1-5-27-14-17(12-22-27)13-25-7-9-26(10-8-25)21(29)18-11-15(3)23-20-19(18)16(4)24-28(20)6-2/h11-12,14H,5-10,13H2,1-4H3. The molecule has 1 fully saturated rings. The summed E-state index contributed by atoms with van der Waals surface area (Å²) in [7, 11) is 0. The van der Waals surface area contributed by atoms with E-state index in [4.69, 9.17) is 0 Å². The van der Waals surface area contributed by atoms with E-state index >= 15 is 0 Å². The highest BCUT2D eigenvalue weighted by atomic mass is 16.2. The largest absolute Gasteiger partial charge is 0.336 e.